The molecule has 23 heavy (non-hydrogen) atoms. The van der Waals surface area contributed by atoms with E-state index in [-0.39, 0.29) is 5.41 Å². The van der Waals surface area contributed by atoms with E-state index in [0.29, 0.717) is 17.6 Å². The maximum absolute atomic E-state index is 12.0. The van der Waals surface area contributed by atoms with Crippen LogP contribution in [0.25, 0.3) is 0 Å². The molecule has 2 nitrogen and oxygen atoms in total. The minimum Gasteiger partial charge on any atom is -0.497 e. The highest BCUT2D eigenvalue weighted by Crippen LogP contribution is 2.68. The van der Waals surface area contributed by atoms with E-state index in [1.807, 2.05) is 0 Å². The number of allylic oxidation sites excluding steroid dienone is 3. The van der Waals surface area contributed by atoms with Crippen molar-refractivity contribution in [1.29, 1.82) is 0 Å². The van der Waals surface area contributed by atoms with Gasteiger partial charge in [0.1, 0.15) is 5.78 Å². The summed E-state index contributed by atoms with van der Waals surface area (Å²) in [6, 6.07) is 0. The van der Waals surface area contributed by atoms with E-state index in [2.05, 4.69) is 19.9 Å². The highest BCUT2D eigenvalue weighted by Gasteiger charge is 2.62. The second kappa shape index (κ2) is 4.52. The summed E-state index contributed by atoms with van der Waals surface area (Å²) in [7, 11) is 0. The molecule has 0 aromatic carbocycles. The molecule has 0 saturated heterocycles. The lowest BCUT2D eigenvalue weighted by Crippen LogP contribution is -2.50. The van der Waals surface area contributed by atoms with Crippen molar-refractivity contribution in [2.45, 2.75) is 65.2 Å². The number of ketones is 1. The highest BCUT2D eigenvalue weighted by atomic mass is 16.5. The molecular weight excluding hydrogens is 284 g/mol. The van der Waals surface area contributed by atoms with Crippen LogP contribution in [0.1, 0.15) is 65.2 Å². The lowest BCUT2D eigenvalue weighted by atomic mass is 9.47. The van der Waals surface area contributed by atoms with Gasteiger partial charge in [-0.25, -0.2) is 0 Å². The van der Waals surface area contributed by atoms with Gasteiger partial charge in [0, 0.05) is 24.7 Å². The van der Waals surface area contributed by atoms with E-state index in [0.717, 1.165) is 43.6 Å². The maximum Gasteiger partial charge on any atom is 0.137 e. The Morgan fingerprint density at radius 3 is 3.00 bits per heavy atom. The zero-order valence-electron chi connectivity index (χ0n) is 14.5. The summed E-state index contributed by atoms with van der Waals surface area (Å²) < 4.78 is 6.20. The molecular formula is C21H28O2. The third-order valence-electron chi connectivity index (χ3n) is 8.36. The van der Waals surface area contributed by atoms with Crippen molar-refractivity contribution in [3.63, 3.8) is 0 Å². The number of hydrogen-bond acceptors (Lipinski definition) is 2. The summed E-state index contributed by atoms with van der Waals surface area (Å²) in [4.78, 5) is 12.0. The average molecular weight is 312 g/mol. The molecule has 5 aliphatic rings. The topological polar surface area (TPSA) is 26.3 Å². The SMILES string of the molecule is CCC1=CCC2C3CC4=C5CC(=O)CC[C@]5(CO4)C3CC[C@]12C. The Bertz CT molecular complexity index is 642. The van der Waals surface area contributed by atoms with Gasteiger partial charge >= 0.3 is 0 Å². The van der Waals surface area contributed by atoms with Gasteiger partial charge < -0.3 is 4.74 Å². The van der Waals surface area contributed by atoms with Crippen molar-refractivity contribution in [2.24, 2.45) is 28.6 Å². The van der Waals surface area contributed by atoms with Crippen molar-refractivity contribution in [2.75, 3.05) is 6.61 Å². The van der Waals surface area contributed by atoms with Gasteiger partial charge in [0.15, 0.2) is 0 Å². The summed E-state index contributed by atoms with van der Waals surface area (Å²) in [6.07, 6.45) is 11.4. The molecule has 0 amide bonds. The first-order chi connectivity index (χ1) is 11.1. The summed E-state index contributed by atoms with van der Waals surface area (Å²) in [6.45, 7) is 5.74. The second-order valence-corrected chi connectivity index (χ2v) is 8.92. The van der Waals surface area contributed by atoms with Gasteiger partial charge in [0.2, 0.25) is 0 Å². The Labute approximate surface area is 139 Å². The predicted molar refractivity (Wildman–Crippen MR) is 89.7 cm³/mol. The zero-order valence-corrected chi connectivity index (χ0v) is 14.5. The molecule has 0 spiro atoms. The molecule has 5 rings (SSSR count). The van der Waals surface area contributed by atoms with Gasteiger partial charge in [-0.05, 0) is 60.8 Å². The Hall–Kier alpha value is -1.05. The fourth-order valence-corrected chi connectivity index (χ4v) is 7.19. The van der Waals surface area contributed by atoms with Crippen LogP contribution in [0.2, 0.25) is 0 Å². The van der Waals surface area contributed by atoms with E-state index >= 15 is 0 Å². The van der Waals surface area contributed by atoms with Crippen molar-refractivity contribution >= 4 is 5.78 Å². The molecule has 1 aliphatic heterocycles. The van der Waals surface area contributed by atoms with E-state index in [1.54, 1.807) is 5.57 Å². The van der Waals surface area contributed by atoms with Gasteiger partial charge in [0.25, 0.3) is 0 Å². The van der Waals surface area contributed by atoms with Gasteiger partial charge in [0.05, 0.1) is 12.4 Å². The number of rotatable bonds is 1. The van der Waals surface area contributed by atoms with Gasteiger partial charge in [-0.3, -0.25) is 4.79 Å². The first-order valence-electron chi connectivity index (χ1n) is 9.65. The Morgan fingerprint density at radius 1 is 1.30 bits per heavy atom. The Kier molecular flexibility index (Phi) is 2.81. The fraction of sp³-hybridized carbons (Fsp3) is 0.762. The normalized spacial score (nSPS) is 47.7. The van der Waals surface area contributed by atoms with E-state index < -0.39 is 0 Å². The van der Waals surface area contributed by atoms with E-state index in [4.69, 9.17) is 4.74 Å². The van der Waals surface area contributed by atoms with Crippen LogP contribution in [0.4, 0.5) is 0 Å². The number of fused-ring (bicyclic) bond motifs is 3. The quantitative estimate of drug-likeness (QED) is 0.650. The molecule has 124 valence electrons. The number of Topliss-reactive ketones (excluding diaryl/α,β-unsaturated/α-hetero) is 1. The van der Waals surface area contributed by atoms with Crippen LogP contribution in [-0.2, 0) is 9.53 Å². The maximum atomic E-state index is 12.0. The Morgan fingerprint density at radius 2 is 2.17 bits per heavy atom. The molecule has 0 aromatic heterocycles. The molecule has 2 saturated carbocycles. The van der Waals surface area contributed by atoms with Gasteiger partial charge in [-0.1, -0.05) is 25.5 Å². The van der Waals surface area contributed by atoms with Crippen molar-refractivity contribution in [1.82, 2.24) is 0 Å². The van der Waals surface area contributed by atoms with Crippen molar-refractivity contribution in [3.05, 3.63) is 23.0 Å². The minimum absolute atomic E-state index is 0.239. The molecule has 2 fully saturated rings. The fourth-order valence-electron chi connectivity index (χ4n) is 7.19. The molecule has 0 aromatic rings. The average Bonchev–Trinajstić information content (AvgIpc) is 3.01. The number of ether oxygens (including phenoxy) is 1. The Balaban J connectivity index is 1.55. The smallest absolute Gasteiger partial charge is 0.137 e. The van der Waals surface area contributed by atoms with Gasteiger partial charge in [-0.15, -0.1) is 0 Å². The third-order valence-corrected chi connectivity index (χ3v) is 8.36. The number of hydrogen-bond donors (Lipinski definition) is 0. The molecule has 2 heteroatoms. The molecule has 0 N–H and O–H groups in total. The lowest BCUT2D eigenvalue weighted by Gasteiger charge is -2.55. The van der Waals surface area contributed by atoms with Crippen LogP contribution in [0.5, 0.6) is 0 Å². The molecule has 3 unspecified atom stereocenters. The zero-order chi connectivity index (χ0) is 15.8. The molecule has 1 heterocycles. The first-order valence-corrected chi connectivity index (χ1v) is 9.65. The highest BCUT2D eigenvalue weighted by molar-refractivity contribution is 5.83. The number of carbonyl (C=O) groups is 1. The third kappa shape index (κ3) is 1.63. The van der Waals surface area contributed by atoms with Crippen LogP contribution in [-0.4, -0.2) is 12.4 Å². The standard InChI is InChI=1S/C21H28O2/c1-3-13-4-5-16-15-11-19-18-10-14(22)6-9-21(18,12-23-19)17(15)7-8-20(13,16)2/h4,15-17H,3,5-12H2,1-2H3/t15?,16?,17?,20-,21+/m1/s1. The minimum atomic E-state index is 0.239. The summed E-state index contributed by atoms with van der Waals surface area (Å²) >= 11 is 0. The van der Waals surface area contributed by atoms with Crippen LogP contribution < -0.4 is 0 Å². The second-order valence-electron chi connectivity index (χ2n) is 8.92. The van der Waals surface area contributed by atoms with E-state index in [9.17, 15) is 4.79 Å². The molecule has 4 aliphatic carbocycles. The lowest BCUT2D eigenvalue weighted by molar-refractivity contribution is -0.122. The summed E-state index contributed by atoms with van der Waals surface area (Å²) in [5.74, 6) is 4.02. The van der Waals surface area contributed by atoms with Crippen LogP contribution >= 0.6 is 0 Å². The van der Waals surface area contributed by atoms with Crippen LogP contribution in [0, 0.1) is 28.6 Å². The van der Waals surface area contributed by atoms with Crippen LogP contribution in [0.15, 0.2) is 23.0 Å². The molecule has 2 bridgehead atoms. The summed E-state index contributed by atoms with van der Waals surface area (Å²) in [5, 5.41) is 0. The van der Waals surface area contributed by atoms with E-state index in [1.165, 1.54) is 37.0 Å². The molecule has 5 atom stereocenters. The monoisotopic (exact) mass is 312 g/mol. The largest absolute Gasteiger partial charge is 0.497 e. The first kappa shape index (κ1) is 14.3. The molecule has 0 radical (unpaired) electrons. The predicted octanol–water partition coefficient (Wildman–Crippen LogP) is 4.80. The van der Waals surface area contributed by atoms with Crippen molar-refractivity contribution in [3.8, 4) is 0 Å². The summed E-state index contributed by atoms with van der Waals surface area (Å²) in [5.41, 5.74) is 3.82. The number of carbonyl (C=O) groups excluding carboxylic acids is 1. The van der Waals surface area contributed by atoms with Gasteiger partial charge in [-0.2, -0.15) is 0 Å². The van der Waals surface area contributed by atoms with Crippen LogP contribution in [0.3, 0.4) is 0 Å². The van der Waals surface area contributed by atoms with Crippen molar-refractivity contribution < 1.29 is 9.53 Å².